The Balaban J connectivity index is 1.45. The van der Waals surface area contributed by atoms with Crippen LogP contribution >= 0.6 is 0 Å². The maximum Gasteiger partial charge on any atom is 0.144 e. The van der Waals surface area contributed by atoms with E-state index >= 15 is 4.39 Å². The lowest BCUT2D eigenvalue weighted by molar-refractivity contribution is 0.572. The summed E-state index contributed by atoms with van der Waals surface area (Å²) in [6.45, 7) is 2.23. The van der Waals surface area contributed by atoms with Crippen molar-refractivity contribution in [2.75, 3.05) is 0 Å². The van der Waals surface area contributed by atoms with E-state index in [9.17, 15) is 8.78 Å². The number of hydrogen-bond acceptors (Lipinski definition) is 1. The van der Waals surface area contributed by atoms with Crippen molar-refractivity contribution in [3.05, 3.63) is 106 Å². The molecular formula is C32H30F3N. The Bertz CT molecular complexity index is 1360. The summed E-state index contributed by atoms with van der Waals surface area (Å²) in [6, 6.07) is 21.8. The van der Waals surface area contributed by atoms with Gasteiger partial charge in [-0.15, -0.1) is 0 Å². The van der Waals surface area contributed by atoms with Gasteiger partial charge in [-0.05, 0) is 77.1 Å². The van der Waals surface area contributed by atoms with Crippen LogP contribution in [0.3, 0.4) is 0 Å². The third-order valence-electron chi connectivity index (χ3n) is 6.79. The molecule has 4 aromatic rings. The summed E-state index contributed by atoms with van der Waals surface area (Å²) in [5.74, 6) is -2.09. The molecule has 0 atom stereocenters. The number of fused-ring (bicyclic) bond motifs is 1. The molecule has 0 N–H and O–H groups in total. The van der Waals surface area contributed by atoms with Gasteiger partial charge in [0, 0.05) is 5.39 Å². The van der Waals surface area contributed by atoms with Crippen LogP contribution in [0.15, 0.2) is 66.7 Å². The Kier molecular flexibility index (Phi) is 8.44. The Labute approximate surface area is 211 Å². The Morgan fingerprint density at radius 3 is 2.06 bits per heavy atom. The second-order valence-corrected chi connectivity index (χ2v) is 9.38. The van der Waals surface area contributed by atoms with Gasteiger partial charge in [-0.3, -0.25) is 0 Å². The summed E-state index contributed by atoms with van der Waals surface area (Å²) < 4.78 is 43.0. The van der Waals surface area contributed by atoms with E-state index in [2.05, 4.69) is 31.2 Å². The highest BCUT2D eigenvalue weighted by atomic mass is 19.1. The summed E-state index contributed by atoms with van der Waals surface area (Å²) in [4.78, 5) is 0. The van der Waals surface area contributed by atoms with Crippen molar-refractivity contribution >= 4 is 10.8 Å². The first-order valence-electron chi connectivity index (χ1n) is 12.7. The highest BCUT2D eigenvalue weighted by Crippen LogP contribution is 2.29. The van der Waals surface area contributed by atoms with E-state index < -0.39 is 17.2 Å². The average molecular weight is 486 g/mol. The van der Waals surface area contributed by atoms with E-state index in [4.69, 9.17) is 5.26 Å². The molecule has 0 aliphatic rings. The van der Waals surface area contributed by atoms with Gasteiger partial charge < -0.3 is 0 Å². The average Bonchev–Trinajstić information content (AvgIpc) is 2.88. The van der Waals surface area contributed by atoms with E-state index in [-0.39, 0.29) is 12.2 Å². The second kappa shape index (κ2) is 11.9. The molecule has 184 valence electrons. The van der Waals surface area contributed by atoms with Gasteiger partial charge in [0.15, 0.2) is 0 Å². The molecular weight excluding hydrogens is 455 g/mol. The van der Waals surface area contributed by atoms with Gasteiger partial charge >= 0.3 is 0 Å². The molecule has 0 fully saturated rings. The zero-order chi connectivity index (χ0) is 25.5. The number of unbranched alkanes of at least 4 members (excludes halogenated alkanes) is 4. The van der Waals surface area contributed by atoms with Gasteiger partial charge in [0.2, 0.25) is 0 Å². The largest absolute Gasteiger partial charge is 0.206 e. The summed E-state index contributed by atoms with van der Waals surface area (Å²) in [5.41, 5.74) is 3.76. The minimum absolute atomic E-state index is 0.269. The van der Waals surface area contributed by atoms with Crippen molar-refractivity contribution in [2.24, 2.45) is 0 Å². The molecule has 0 unspecified atom stereocenters. The summed E-state index contributed by atoms with van der Waals surface area (Å²) in [5, 5.41) is 10.1. The fourth-order valence-electron chi connectivity index (χ4n) is 4.66. The Morgan fingerprint density at radius 1 is 0.667 bits per heavy atom. The van der Waals surface area contributed by atoms with Crippen molar-refractivity contribution < 1.29 is 13.2 Å². The van der Waals surface area contributed by atoms with Gasteiger partial charge in [0.25, 0.3) is 0 Å². The van der Waals surface area contributed by atoms with Crippen LogP contribution in [0.5, 0.6) is 0 Å². The van der Waals surface area contributed by atoms with Crippen LogP contribution in [-0.4, -0.2) is 0 Å². The van der Waals surface area contributed by atoms with Crippen LogP contribution in [0, 0.1) is 28.8 Å². The molecule has 0 aliphatic carbocycles. The fourth-order valence-corrected chi connectivity index (χ4v) is 4.66. The summed E-state index contributed by atoms with van der Waals surface area (Å²) in [7, 11) is 0. The number of benzene rings is 4. The lowest BCUT2D eigenvalue weighted by atomic mass is 9.96. The monoisotopic (exact) mass is 485 g/mol. The molecule has 4 heteroatoms. The lowest BCUT2D eigenvalue weighted by Crippen LogP contribution is -1.99. The first-order chi connectivity index (χ1) is 17.5. The van der Waals surface area contributed by atoms with Gasteiger partial charge in [-0.25, -0.2) is 13.2 Å². The molecule has 1 nitrogen and oxygen atoms in total. The number of rotatable bonds is 10. The van der Waals surface area contributed by atoms with E-state index in [1.807, 2.05) is 18.2 Å². The zero-order valence-electron chi connectivity index (χ0n) is 20.6. The molecule has 0 aromatic heterocycles. The number of nitriles is 1. The standard InChI is InChI=1S/C32H30F3N/c1-2-3-4-5-6-7-22-8-11-24(12-9-22)26-16-17-28-27(20-26)15-14-25(32(28)35)13-10-23-18-30(33)29(21-36)31(34)19-23/h8-9,11-12,14-20H,2-7,10,13H2,1H3. The van der Waals surface area contributed by atoms with Crippen LogP contribution in [-0.2, 0) is 19.3 Å². The number of aryl methyl sites for hydroxylation is 3. The quantitative estimate of drug-likeness (QED) is 0.206. The molecule has 0 radical (unpaired) electrons. The molecule has 4 aromatic carbocycles. The maximum atomic E-state index is 15.2. The molecule has 0 spiro atoms. The molecule has 36 heavy (non-hydrogen) atoms. The normalized spacial score (nSPS) is 11.1. The van der Waals surface area contributed by atoms with Crippen molar-refractivity contribution in [3.63, 3.8) is 0 Å². The lowest BCUT2D eigenvalue weighted by Gasteiger charge is -2.10. The third kappa shape index (κ3) is 5.97. The summed E-state index contributed by atoms with van der Waals surface area (Å²) in [6.07, 6.45) is 8.01. The third-order valence-corrected chi connectivity index (χ3v) is 6.79. The summed E-state index contributed by atoms with van der Waals surface area (Å²) >= 11 is 0. The van der Waals surface area contributed by atoms with Gasteiger partial charge in [0.05, 0.1) is 0 Å². The van der Waals surface area contributed by atoms with E-state index in [1.54, 1.807) is 12.1 Å². The number of nitrogens with zero attached hydrogens (tertiary/aromatic N) is 1. The van der Waals surface area contributed by atoms with Crippen LogP contribution in [0.4, 0.5) is 13.2 Å². The van der Waals surface area contributed by atoms with Crippen molar-refractivity contribution in [1.29, 1.82) is 5.26 Å². The van der Waals surface area contributed by atoms with Gasteiger partial charge in [-0.2, -0.15) is 5.26 Å². The Hall–Kier alpha value is -3.58. The van der Waals surface area contributed by atoms with Crippen LogP contribution in [0.1, 0.15) is 61.3 Å². The smallest absolute Gasteiger partial charge is 0.144 e. The molecule has 0 saturated carbocycles. The van der Waals surface area contributed by atoms with Gasteiger partial charge in [-0.1, -0.05) is 81.1 Å². The van der Waals surface area contributed by atoms with Crippen LogP contribution < -0.4 is 0 Å². The first kappa shape index (κ1) is 25.5. The molecule has 0 saturated heterocycles. The molecule has 0 bridgehead atoms. The highest BCUT2D eigenvalue weighted by molar-refractivity contribution is 5.88. The Morgan fingerprint density at radius 2 is 1.36 bits per heavy atom. The molecule has 4 rings (SSSR count). The molecule has 0 amide bonds. The van der Waals surface area contributed by atoms with Crippen molar-refractivity contribution in [2.45, 2.75) is 58.3 Å². The minimum Gasteiger partial charge on any atom is -0.206 e. The topological polar surface area (TPSA) is 23.8 Å². The predicted octanol–water partition coefficient (Wildman–Crippen LogP) is 9.09. The fraction of sp³-hybridized carbons (Fsp3) is 0.281. The number of halogens is 3. The zero-order valence-corrected chi connectivity index (χ0v) is 20.6. The first-order valence-corrected chi connectivity index (χ1v) is 12.7. The number of hydrogen-bond donors (Lipinski definition) is 0. The van der Waals surface area contributed by atoms with Crippen LogP contribution in [0.2, 0.25) is 0 Å². The molecule has 0 aliphatic heterocycles. The minimum atomic E-state index is -0.890. The van der Waals surface area contributed by atoms with Crippen molar-refractivity contribution in [3.8, 4) is 17.2 Å². The predicted molar refractivity (Wildman–Crippen MR) is 140 cm³/mol. The van der Waals surface area contributed by atoms with Gasteiger partial charge in [0.1, 0.15) is 29.1 Å². The van der Waals surface area contributed by atoms with E-state index in [0.29, 0.717) is 22.9 Å². The molecule has 0 heterocycles. The van der Waals surface area contributed by atoms with E-state index in [0.717, 1.165) is 35.1 Å². The SMILES string of the molecule is CCCCCCCc1ccc(-c2ccc3c(F)c(CCc4cc(F)c(C#N)c(F)c4)ccc3c2)cc1. The maximum absolute atomic E-state index is 15.2. The highest BCUT2D eigenvalue weighted by Gasteiger charge is 2.13. The van der Waals surface area contributed by atoms with Crippen molar-refractivity contribution in [1.82, 2.24) is 0 Å². The van der Waals surface area contributed by atoms with Crippen LogP contribution in [0.25, 0.3) is 21.9 Å². The van der Waals surface area contributed by atoms with E-state index in [1.165, 1.54) is 43.7 Å². The second-order valence-electron chi connectivity index (χ2n) is 9.38.